The number of nitrogens with zero attached hydrogens (tertiary/aromatic N) is 1. The molecule has 1 saturated heterocycles. The van der Waals surface area contributed by atoms with E-state index < -0.39 is 0 Å². The summed E-state index contributed by atoms with van der Waals surface area (Å²) in [7, 11) is 0. The lowest BCUT2D eigenvalue weighted by molar-refractivity contribution is 0.264. The molecule has 0 aromatic heterocycles. The van der Waals surface area contributed by atoms with Crippen LogP contribution >= 0.6 is 0 Å². The van der Waals surface area contributed by atoms with Crippen molar-refractivity contribution in [1.82, 2.24) is 10.2 Å². The van der Waals surface area contributed by atoms with Crippen molar-refractivity contribution in [2.45, 2.75) is 32.9 Å². The van der Waals surface area contributed by atoms with Crippen LogP contribution in [0.15, 0.2) is 18.2 Å². The molecule has 0 aliphatic carbocycles. The van der Waals surface area contributed by atoms with Crippen LogP contribution in [-0.4, -0.2) is 40.8 Å². The highest BCUT2D eigenvalue weighted by Crippen LogP contribution is 2.24. The van der Waals surface area contributed by atoms with Gasteiger partial charge < -0.3 is 20.4 Å². The molecule has 0 radical (unpaired) electrons. The van der Waals surface area contributed by atoms with E-state index in [1.165, 1.54) is 25.6 Å². The van der Waals surface area contributed by atoms with Gasteiger partial charge in [0.1, 0.15) is 0 Å². The first-order valence-electron chi connectivity index (χ1n) is 7.02. The highest BCUT2D eigenvalue weighted by molar-refractivity contribution is 5.40. The quantitative estimate of drug-likeness (QED) is 0.711. The zero-order valence-corrected chi connectivity index (χ0v) is 11.8. The van der Waals surface area contributed by atoms with Crippen LogP contribution < -0.4 is 5.32 Å². The fourth-order valence-corrected chi connectivity index (χ4v) is 2.60. The molecule has 1 fully saturated rings. The van der Waals surface area contributed by atoms with Crippen LogP contribution in [0.2, 0.25) is 0 Å². The van der Waals surface area contributed by atoms with Gasteiger partial charge in [0, 0.05) is 19.1 Å². The van der Waals surface area contributed by atoms with Crippen molar-refractivity contribution in [2.75, 3.05) is 19.6 Å². The Kier molecular flexibility index (Phi) is 4.66. The van der Waals surface area contributed by atoms with Crippen LogP contribution in [0.1, 0.15) is 25.8 Å². The molecule has 19 heavy (non-hydrogen) atoms. The first-order chi connectivity index (χ1) is 9.06. The van der Waals surface area contributed by atoms with Gasteiger partial charge in [0.15, 0.2) is 11.5 Å². The molecule has 1 aromatic carbocycles. The van der Waals surface area contributed by atoms with E-state index in [4.69, 9.17) is 0 Å². The second-order valence-electron chi connectivity index (χ2n) is 5.70. The molecule has 1 heterocycles. The Labute approximate surface area is 115 Å². The Bertz CT molecular complexity index is 421. The van der Waals surface area contributed by atoms with E-state index in [-0.39, 0.29) is 11.5 Å². The molecule has 0 amide bonds. The lowest BCUT2D eigenvalue weighted by Crippen LogP contribution is -2.30. The molecular weight excluding hydrogens is 240 g/mol. The second kappa shape index (κ2) is 6.26. The van der Waals surface area contributed by atoms with Crippen molar-refractivity contribution >= 4 is 0 Å². The average molecular weight is 264 g/mol. The van der Waals surface area contributed by atoms with Crippen LogP contribution in [0.3, 0.4) is 0 Å². The Morgan fingerprint density at radius 1 is 1.32 bits per heavy atom. The maximum absolute atomic E-state index is 9.42. The van der Waals surface area contributed by atoms with Gasteiger partial charge in [-0.2, -0.15) is 0 Å². The van der Waals surface area contributed by atoms with Crippen molar-refractivity contribution in [1.29, 1.82) is 0 Å². The zero-order chi connectivity index (χ0) is 13.8. The van der Waals surface area contributed by atoms with E-state index >= 15 is 0 Å². The molecule has 0 spiro atoms. The van der Waals surface area contributed by atoms with E-state index in [1.54, 1.807) is 6.07 Å². The third-order valence-electron chi connectivity index (χ3n) is 3.85. The summed E-state index contributed by atoms with van der Waals surface area (Å²) in [6.45, 7) is 8.59. The van der Waals surface area contributed by atoms with Crippen molar-refractivity contribution < 1.29 is 10.2 Å². The molecule has 1 unspecified atom stereocenters. The highest BCUT2D eigenvalue weighted by atomic mass is 16.3. The maximum atomic E-state index is 9.42. The van der Waals surface area contributed by atoms with E-state index in [2.05, 4.69) is 24.1 Å². The van der Waals surface area contributed by atoms with Gasteiger partial charge in [-0.3, -0.25) is 0 Å². The number of aromatic hydroxyl groups is 2. The fourth-order valence-electron chi connectivity index (χ4n) is 2.60. The number of rotatable bonds is 5. The lowest BCUT2D eigenvalue weighted by Gasteiger charge is -2.20. The van der Waals surface area contributed by atoms with E-state index in [1.807, 2.05) is 6.07 Å². The number of nitrogens with one attached hydrogen (secondary N) is 1. The summed E-state index contributed by atoms with van der Waals surface area (Å²) >= 11 is 0. The minimum atomic E-state index is -0.0629. The summed E-state index contributed by atoms with van der Waals surface area (Å²) in [5.41, 5.74) is 0.994. The first kappa shape index (κ1) is 14.2. The number of hydrogen-bond acceptors (Lipinski definition) is 4. The molecule has 106 valence electrons. The third kappa shape index (κ3) is 3.85. The molecule has 0 bridgehead atoms. The summed E-state index contributed by atoms with van der Waals surface area (Å²) in [6, 6.07) is 5.61. The SMILES string of the molecule is CC(C)N1CCC(CNCc2ccc(O)c(O)c2)C1. The second-order valence-corrected chi connectivity index (χ2v) is 5.70. The molecular formula is C15H24N2O2. The van der Waals surface area contributed by atoms with Crippen molar-refractivity contribution in [3.8, 4) is 11.5 Å². The summed E-state index contributed by atoms with van der Waals surface area (Å²) in [4.78, 5) is 2.51. The van der Waals surface area contributed by atoms with E-state index in [0.29, 0.717) is 12.0 Å². The monoisotopic (exact) mass is 264 g/mol. The maximum Gasteiger partial charge on any atom is 0.157 e. The molecule has 1 aliphatic rings. The summed E-state index contributed by atoms with van der Waals surface area (Å²) in [6.07, 6.45) is 1.26. The van der Waals surface area contributed by atoms with Gasteiger partial charge in [-0.1, -0.05) is 6.07 Å². The minimum Gasteiger partial charge on any atom is -0.504 e. The van der Waals surface area contributed by atoms with Gasteiger partial charge >= 0.3 is 0 Å². The molecule has 4 nitrogen and oxygen atoms in total. The highest BCUT2D eigenvalue weighted by Gasteiger charge is 2.23. The Hall–Kier alpha value is -1.26. The fraction of sp³-hybridized carbons (Fsp3) is 0.600. The van der Waals surface area contributed by atoms with Gasteiger partial charge in [-0.25, -0.2) is 0 Å². The Morgan fingerprint density at radius 2 is 2.11 bits per heavy atom. The van der Waals surface area contributed by atoms with E-state index in [9.17, 15) is 10.2 Å². The van der Waals surface area contributed by atoms with Crippen LogP contribution in [-0.2, 0) is 6.54 Å². The van der Waals surface area contributed by atoms with Crippen molar-refractivity contribution in [3.05, 3.63) is 23.8 Å². The average Bonchev–Trinajstić information content (AvgIpc) is 2.83. The van der Waals surface area contributed by atoms with E-state index in [0.717, 1.165) is 18.7 Å². The minimum absolute atomic E-state index is 0.0499. The number of phenolic OH excluding ortho intramolecular Hbond substituents is 2. The Balaban J connectivity index is 1.73. The number of likely N-dealkylation sites (tertiary alicyclic amines) is 1. The molecule has 0 saturated carbocycles. The predicted octanol–water partition coefficient (Wildman–Crippen LogP) is 1.92. The summed E-state index contributed by atoms with van der Waals surface area (Å²) in [5, 5.41) is 22.1. The number of phenols is 2. The third-order valence-corrected chi connectivity index (χ3v) is 3.85. The first-order valence-corrected chi connectivity index (χ1v) is 7.02. The van der Waals surface area contributed by atoms with Gasteiger partial charge in [-0.05, 0) is 57.0 Å². The lowest BCUT2D eigenvalue weighted by atomic mass is 10.1. The molecule has 3 N–H and O–H groups in total. The van der Waals surface area contributed by atoms with Gasteiger partial charge in [0.2, 0.25) is 0 Å². The van der Waals surface area contributed by atoms with Gasteiger partial charge in [0.05, 0.1) is 0 Å². The topological polar surface area (TPSA) is 55.7 Å². The van der Waals surface area contributed by atoms with Crippen LogP contribution in [0.5, 0.6) is 11.5 Å². The summed E-state index contributed by atoms with van der Waals surface area (Å²) < 4.78 is 0. The van der Waals surface area contributed by atoms with Crippen molar-refractivity contribution in [2.24, 2.45) is 5.92 Å². The standard InChI is InChI=1S/C15H24N2O2/c1-11(2)17-6-5-13(10-17)9-16-8-12-3-4-14(18)15(19)7-12/h3-4,7,11,13,16,18-19H,5-6,8-10H2,1-2H3. The van der Waals surface area contributed by atoms with Crippen molar-refractivity contribution in [3.63, 3.8) is 0 Å². The smallest absolute Gasteiger partial charge is 0.157 e. The normalized spacial score (nSPS) is 20.3. The molecule has 4 heteroatoms. The molecule has 1 atom stereocenters. The van der Waals surface area contributed by atoms with Gasteiger partial charge in [0.25, 0.3) is 0 Å². The van der Waals surface area contributed by atoms with Crippen LogP contribution in [0, 0.1) is 5.92 Å². The predicted molar refractivity (Wildman–Crippen MR) is 76.3 cm³/mol. The molecule has 1 aliphatic heterocycles. The van der Waals surface area contributed by atoms with Gasteiger partial charge in [-0.15, -0.1) is 0 Å². The summed E-state index contributed by atoms with van der Waals surface area (Å²) in [5.74, 6) is 0.603. The molecule has 1 aromatic rings. The largest absolute Gasteiger partial charge is 0.504 e. The number of benzene rings is 1. The number of hydrogen-bond donors (Lipinski definition) is 3. The molecule has 2 rings (SSSR count). The Morgan fingerprint density at radius 3 is 2.74 bits per heavy atom. The van der Waals surface area contributed by atoms with Crippen LogP contribution in [0.25, 0.3) is 0 Å². The van der Waals surface area contributed by atoms with Crippen LogP contribution in [0.4, 0.5) is 0 Å². The zero-order valence-electron chi connectivity index (χ0n) is 11.8.